The largest absolute Gasteiger partial charge is 0.459 e. The van der Waals surface area contributed by atoms with Gasteiger partial charge in [0.2, 0.25) is 0 Å². The van der Waals surface area contributed by atoms with Crippen molar-refractivity contribution in [1.29, 1.82) is 0 Å². The van der Waals surface area contributed by atoms with E-state index in [1.54, 1.807) is 0 Å². The summed E-state index contributed by atoms with van der Waals surface area (Å²) in [5, 5.41) is 9.91. The molecule has 1 N–H and O–H groups in total. The molecule has 7 unspecified atom stereocenters. The minimum Gasteiger partial charge on any atom is -0.459 e. The van der Waals surface area contributed by atoms with Crippen LogP contribution in [-0.4, -0.2) is 29.6 Å². The number of hydrogen-bond donors (Lipinski definition) is 1. The lowest BCUT2D eigenvalue weighted by Gasteiger charge is -2.33. The van der Waals surface area contributed by atoms with Crippen LogP contribution < -0.4 is 0 Å². The van der Waals surface area contributed by atoms with E-state index in [-0.39, 0.29) is 24.1 Å². The van der Waals surface area contributed by atoms with Crippen molar-refractivity contribution < 1.29 is 19.4 Å². The highest BCUT2D eigenvalue weighted by atomic mass is 16.6. The van der Waals surface area contributed by atoms with Gasteiger partial charge in [-0.2, -0.15) is 0 Å². The zero-order valence-electron chi connectivity index (χ0n) is 13.5. The Morgan fingerprint density at radius 2 is 2.05 bits per heavy atom. The average Bonchev–Trinajstić information content (AvgIpc) is 3.02. The Morgan fingerprint density at radius 1 is 1.38 bits per heavy atom. The quantitative estimate of drug-likeness (QED) is 0.793. The van der Waals surface area contributed by atoms with Crippen molar-refractivity contribution in [2.45, 2.75) is 71.9 Å². The van der Waals surface area contributed by atoms with Gasteiger partial charge in [-0.3, -0.25) is 4.79 Å². The minimum absolute atomic E-state index is 0.0761. The minimum atomic E-state index is -0.651. The van der Waals surface area contributed by atoms with Crippen molar-refractivity contribution in [3.8, 4) is 0 Å². The first kappa shape index (κ1) is 15.3. The summed E-state index contributed by atoms with van der Waals surface area (Å²) < 4.78 is 11.6. The molecule has 3 rings (SSSR count). The molecule has 0 aromatic heterocycles. The van der Waals surface area contributed by atoms with Crippen LogP contribution in [0, 0.1) is 29.1 Å². The fraction of sp³-hybridized carbons (Fsp3) is 0.941. The molecule has 3 fully saturated rings. The van der Waals surface area contributed by atoms with Gasteiger partial charge >= 0.3 is 5.97 Å². The highest BCUT2D eigenvalue weighted by Crippen LogP contribution is 2.57. The third-order valence-corrected chi connectivity index (χ3v) is 5.95. The number of ether oxygens (including phenoxy) is 2. The van der Waals surface area contributed by atoms with Gasteiger partial charge in [0, 0.05) is 5.92 Å². The number of hydrogen-bond acceptors (Lipinski definition) is 4. The maximum absolute atomic E-state index is 12.7. The molecule has 0 spiro atoms. The molecule has 1 heterocycles. The molecule has 1 saturated heterocycles. The summed E-state index contributed by atoms with van der Waals surface area (Å²) in [5.41, 5.74) is -0.410. The zero-order chi connectivity index (χ0) is 15.4. The van der Waals surface area contributed by atoms with Crippen molar-refractivity contribution in [3.05, 3.63) is 0 Å². The Hall–Kier alpha value is -0.610. The summed E-state index contributed by atoms with van der Waals surface area (Å²) in [5.74, 6) is 1.42. The summed E-state index contributed by atoms with van der Waals surface area (Å²) in [4.78, 5) is 12.7. The van der Waals surface area contributed by atoms with Crippen LogP contribution >= 0.6 is 0 Å². The van der Waals surface area contributed by atoms with Gasteiger partial charge in [0.25, 0.3) is 0 Å². The summed E-state index contributed by atoms with van der Waals surface area (Å²) in [6, 6.07) is 0. The molecule has 2 bridgehead atoms. The van der Waals surface area contributed by atoms with Crippen LogP contribution in [0.4, 0.5) is 0 Å². The Morgan fingerprint density at radius 3 is 2.67 bits per heavy atom. The second-order valence-electron chi connectivity index (χ2n) is 7.93. The Balaban J connectivity index is 1.68. The molecule has 4 heteroatoms. The topological polar surface area (TPSA) is 55.8 Å². The normalized spacial score (nSPS) is 43.3. The molecular weight excluding hydrogens is 268 g/mol. The molecule has 0 radical (unpaired) electrons. The predicted octanol–water partition coefficient (Wildman–Crippen LogP) is 2.73. The fourth-order valence-corrected chi connectivity index (χ4v) is 4.77. The number of fused-ring (bicyclic) bond motifs is 1. The molecule has 7 atom stereocenters. The fourth-order valence-electron chi connectivity index (χ4n) is 4.77. The van der Waals surface area contributed by atoms with Gasteiger partial charge in [-0.15, -0.1) is 0 Å². The van der Waals surface area contributed by atoms with Gasteiger partial charge in [0.05, 0.1) is 5.41 Å². The number of carbonyl (C=O) groups is 1. The standard InChI is InChI=1S/C17H28O4/c1-5-17(4,8-9(2)3)16(19)21-13-10-6-11-12(7-10)15(18)20-14(11)13/h9-15,18H,5-8H2,1-4H3. The SMILES string of the molecule is CCC(C)(CC(C)C)C(=O)OC1C2CC3C(O)OC1C3C2. The first-order valence-corrected chi connectivity index (χ1v) is 8.40. The third kappa shape index (κ3) is 2.40. The van der Waals surface area contributed by atoms with Gasteiger partial charge < -0.3 is 14.6 Å². The van der Waals surface area contributed by atoms with E-state index in [4.69, 9.17) is 9.47 Å². The van der Waals surface area contributed by atoms with E-state index < -0.39 is 11.7 Å². The molecule has 2 saturated carbocycles. The lowest BCUT2D eigenvalue weighted by molar-refractivity contribution is -0.176. The van der Waals surface area contributed by atoms with E-state index in [1.807, 2.05) is 6.92 Å². The number of rotatable bonds is 5. The van der Waals surface area contributed by atoms with E-state index in [1.165, 1.54) is 0 Å². The monoisotopic (exact) mass is 296 g/mol. The van der Waals surface area contributed by atoms with Crippen molar-refractivity contribution >= 4 is 5.97 Å². The molecule has 0 amide bonds. The first-order chi connectivity index (χ1) is 9.85. The molecule has 4 nitrogen and oxygen atoms in total. The van der Waals surface area contributed by atoms with Crippen molar-refractivity contribution in [1.82, 2.24) is 0 Å². The lowest BCUT2D eigenvalue weighted by Crippen LogP contribution is -2.40. The van der Waals surface area contributed by atoms with E-state index in [0.29, 0.717) is 17.8 Å². The van der Waals surface area contributed by atoms with Crippen LogP contribution in [-0.2, 0) is 14.3 Å². The van der Waals surface area contributed by atoms with Crippen molar-refractivity contribution in [2.75, 3.05) is 0 Å². The highest BCUT2D eigenvalue weighted by molar-refractivity contribution is 5.76. The highest BCUT2D eigenvalue weighted by Gasteiger charge is 2.62. The predicted molar refractivity (Wildman–Crippen MR) is 78.3 cm³/mol. The summed E-state index contributed by atoms with van der Waals surface area (Å²) in [6.07, 6.45) is 2.75. The van der Waals surface area contributed by atoms with Gasteiger partial charge in [-0.1, -0.05) is 20.8 Å². The van der Waals surface area contributed by atoms with Gasteiger partial charge in [-0.25, -0.2) is 0 Å². The van der Waals surface area contributed by atoms with Crippen LogP contribution in [0.15, 0.2) is 0 Å². The molecule has 3 aliphatic rings. The summed E-state index contributed by atoms with van der Waals surface area (Å²) in [6.45, 7) is 8.34. The number of aliphatic hydroxyl groups excluding tert-OH is 1. The number of carbonyl (C=O) groups excluding carboxylic acids is 1. The molecule has 21 heavy (non-hydrogen) atoms. The van der Waals surface area contributed by atoms with Gasteiger partial charge in [0.1, 0.15) is 12.2 Å². The molecule has 0 aromatic rings. The van der Waals surface area contributed by atoms with Crippen LogP contribution in [0.2, 0.25) is 0 Å². The van der Waals surface area contributed by atoms with E-state index in [0.717, 1.165) is 25.7 Å². The lowest BCUT2D eigenvalue weighted by atomic mass is 9.79. The second kappa shape index (κ2) is 5.24. The van der Waals surface area contributed by atoms with E-state index in [2.05, 4.69) is 20.8 Å². The smallest absolute Gasteiger partial charge is 0.312 e. The van der Waals surface area contributed by atoms with Crippen LogP contribution in [0.3, 0.4) is 0 Å². The van der Waals surface area contributed by atoms with Crippen LogP contribution in [0.25, 0.3) is 0 Å². The molecule has 0 aromatic carbocycles. The third-order valence-electron chi connectivity index (χ3n) is 5.95. The number of esters is 1. The van der Waals surface area contributed by atoms with Gasteiger partial charge in [0.15, 0.2) is 6.29 Å². The van der Waals surface area contributed by atoms with E-state index >= 15 is 0 Å². The molecule has 1 aliphatic heterocycles. The molecule has 2 aliphatic carbocycles. The maximum Gasteiger partial charge on any atom is 0.312 e. The van der Waals surface area contributed by atoms with Crippen molar-refractivity contribution in [3.63, 3.8) is 0 Å². The summed E-state index contributed by atoms with van der Waals surface area (Å²) in [7, 11) is 0. The Kier molecular flexibility index (Phi) is 3.81. The molecule has 120 valence electrons. The molecular formula is C17H28O4. The Bertz CT molecular complexity index is 421. The number of aliphatic hydroxyl groups is 1. The summed E-state index contributed by atoms with van der Waals surface area (Å²) >= 11 is 0. The zero-order valence-corrected chi connectivity index (χ0v) is 13.5. The van der Waals surface area contributed by atoms with Crippen LogP contribution in [0.5, 0.6) is 0 Å². The van der Waals surface area contributed by atoms with Gasteiger partial charge in [-0.05, 0) is 50.4 Å². The average molecular weight is 296 g/mol. The van der Waals surface area contributed by atoms with Crippen LogP contribution in [0.1, 0.15) is 53.4 Å². The Labute approximate surface area is 127 Å². The maximum atomic E-state index is 12.7. The van der Waals surface area contributed by atoms with Crippen molar-refractivity contribution in [2.24, 2.45) is 29.1 Å². The second-order valence-corrected chi connectivity index (χ2v) is 7.93. The first-order valence-electron chi connectivity index (χ1n) is 8.40. The van der Waals surface area contributed by atoms with E-state index in [9.17, 15) is 9.90 Å².